The number of hydrogen-bond acceptors (Lipinski definition) is 6. The lowest BCUT2D eigenvalue weighted by molar-refractivity contribution is -0.170. The van der Waals surface area contributed by atoms with Gasteiger partial charge in [-0.25, -0.2) is 4.98 Å². The van der Waals surface area contributed by atoms with E-state index >= 15 is 0 Å². The number of rotatable bonds is 14. The molecule has 6 heteroatoms. The highest BCUT2D eigenvalue weighted by atomic mass is 32.1. The molecule has 36 heavy (non-hydrogen) atoms. The summed E-state index contributed by atoms with van der Waals surface area (Å²) in [6.45, 7) is 5.03. The average molecular weight is 502 g/mol. The molecule has 4 aromatic rings. The van der Waals surface area contributed by atoms with Gasteiger partial charge in [0.1, 0.15) is 29.4 Å². The summed E-state index contributed by atoms with van der Waals surface area (Å²) >= 11 is 1.38. The monoisotopic (exact) mass is 501 g/mol. The van der Waals surface area contributed by atoms with Crippen molar-refractivity contribution in [1.82, 2.24) is 4.98 Å². The third kappa shape index (κ3) is 7.43. The van der Waals surface area contributed by atoms with Gasteiger partial charge >= 0.3 is 0 Å². The van der Waals surface area contributed by atoms with Crippen LogP contribution in [0.2, 0.25) is 0 Å². The van der Waals surface area contributed by atoms with E-state index in [-0.39, 0.29) is 0 Å². The Bertz CT molecular complexity index is 1140. The van der Waals surface area contributed by atoms with Gasteiger partial charge in [0.15, 0.2) is 0 Å². The van der Waals surface area contributed by atoms with Crippen molar-refractivity contribution in [1.29, 1.82) is 0 Å². The van der Waals surface area contributed by atoms with Gasteiger partial charge in [-0.15, -0.1) is 17.9 Å². The Labute approximate surface area is 216 Å². The number of aliphatic hydroxyl groups excluding tert-OH is 1. The van der Waals surface area contributed by atoms with Crippen LogP contribution in [0.4, 0.5) is 0 Å². The highest BCUT2D eigenvalue weighted by molar-refractivity contribution is 7.09. The van der Waals surface area contributed by atoms with Gasteiger partial charge in [-0.3, -0.25) is 0 Å². The van der Waals surface area contributed by atoms with Crippen molar-refractivity contribution in [3.63, 3.8) is 0 Å². The molecule has 1 heterocycles. The van der Waals surface area contributed by atoms with Crippen LogP contribution in [0.15, 0.2) is 115 Å². The van der Waals surface area contributed by atoms with E-state index in [9.17, 15) is 5.11 Å². The predicted octanol–water partition coefficient (Wildman–Crippen LogP) is 6.12. The normalized spacial score (nSPS) is 14.6. The Kier molecular flexibility index (Phi) is 9.96. The van der Waals surface area contributed by atoms with E-state index in [1.165, 1.54) is 11.3 Å². The highest BCUT2D eigenvalue weighted by Crippen LogP contribution is 2.29. The molecular weight excluding hydrogens is 470 g/mol. The Morgan fingerprint density at radius 3 is 1.64 bits per heavy atom. The largest absolute Gasteiger partial charge is 0.383 e. The molecule has 0 radical (unpaired) electrons. The molecule has 4 atom stereocenters. The van der Waals surface area contributed by atoms with Gasteiger partial charge < -0.3 is 19.3 Å². The minimum atomic E-state index is -1.00. The van der Waals surface area contributed by atoms with Gasteiger partial charge in [-0.05, 0) is 16.7 Å². The van der Waals surface area contributed by atoms with Crippen molar-refractivity contribution in [3.8, 4) is 0 Å². The third-order valence-electron chi connectivity index (χ3n) is 5.75. The van der Waals surface area contributed by atoms with Crippen LogP contribution in [0.25, 0.3) is 0 Å². The topological polar surface area (TPSA) is 60.8 Å². The second-order valence-corrected chi connectivity index (χ2v) is 9.26. The number of thiazole rings is 1. The molecule has 0 saturated heterocycles. The lowest BCUT2D eigenvalue weighted by atomic mass is 10.0. The van der Waals surface area contributed by atoms with Gasteiger partial charge in [0.05, 0.1) is 19.8 Å². The summed E-state index contributed by atoms with van der Waals surface area (Å²) < 4.78 is 19.1. The molecule has 1 N–H and O–H groups in total. The maximum Gasteiger partial charge on any atom is 0.134 e. The number of nitrogens with zero attached hydrogens (tertiary/aromatic N) is 1. The van der Waals surface area contributed by atoms with E-state index in [4.69, 9.17) is 14.2 Å². The molecule has 1 aromatic heterocycles. The van der Waals surface area contributed by atoms with Gasteiger partial charge in [0.25, 0.3) is 0 Å². The first-order valence-electron chi connectivity index (χ1n) is 11.9. The molecule has 0 bridgehead atoms. The molecule has 186 valence electrons. The zero-order valence-corrected chi connectivity index (χ0v) is 20.9. The lowest BCUT2D eigenvalue weighted by Gasteiger charge is -2.34. The third-order valence-corrected chi connectivity index (χ3v) is 6.60. The minimum absolute atomic E-state index is 0.307. The molecule has 4 rings (SSSR count). The van der Waals surface area contributed by atoms with Crippen LogP contribution in [0, 0.1) is 0 Å². The maximum atomic E-state index is 11.4. The number of benzene rings is 3. The standard InChI is InChI=1S/C30H31NO4S/c1-2-26(33-20-23-12-6-3-7-13-23)28(34-21-24-14-8-4-9-15-24)29(27(32)30-31-18-19-36-30)35-22-25-16-10-5-11-17-25/h2-19,26-29,32H,1,20-22H2/t26-,27-,28+,29+/m1/s1. The van der Waals surface area contributed by atoms with Gasteiger partial charge in [0.2, 0.25) is 0 Å². The maximum absolute atomic E-state index is 11.4. The van der Waals surface area contributed by atoms with Crippen molar-refractivity contribution < 1.29 is 19.3 Å². The van der Waals surface area contributed by atoms with Gasteiger partial charge in [-0.2, -0.15) is 0 Å². The summed E-state index contributed by atoms with van der Waals surface area (Å²) in [5, 5.41) is 13.8. The Morgan fingerprint density at radius 1 is 0.722 bits per heavy atom. The fourth-order valence-corrected chi connectivity index (χ4v) is 4.52. The smallest absolute Gasteiger partial charge is 0.134 e. The molecule has 0 fully saturated rings. The van der Waals surface area contributed by atoms with E-state index in [0.717, 1.165) is 16.7 Å². The zero-order valence-electron chi connectivity index (χ0n) is 20.1. The minimum Gasteiger partial charge on any atom is -0.383 e. The van der Waals surface area contributed by atoms with E-state index < -0.39 is 24.4 Å². The van der Waals surface area contributed by atoms with Crippen LogP contribution in [-0.2, 0) is 34.0 Å². The van der Waals surface area contributed by atoms with Crippen molar-refractivity contribution in [2.75, 3.05) is 0 Å². The number of aromatic nitrogens is 1. The van der Waals surface area contributed by atoms with Crippen molar-refractivity contribution >= 4 is 11.3 Å². The number of ether oxygens (including phenoxy) is 3. The first-order chi connectivity index (χ1) is 17.7. The molecule has 0 aliphatic heterocycles. The summed E-state index contributed by atoms with van der Waals surface area (Å²) in [6.07, 6.45) is 0.453. The van der Waals surface area contributed by atoms with Crippen LogP contribution in [-0.4, -0.2) is 28.4 Å². The summed E-state index contributed by atoms with van der Waals surface area (Å²) in [5.41, 5.74) is 3.04. The quantitative estimate of drug-likeness (QED) is 0.211. The predicted molar refractivity (Wildman–Crippen MR) is 142 cm³/mol. The summed E-state index contributed by atoms with van der Waals surface area (Å²) in [7, 11) is 0. The number of hydrogen-bond donors (Lipinski definition) is 1. The van der Waals surface area contributed by atoms with Crippen LogP contribution < -0.4 is 0 Å². The molecule has 0 aliphatic rings. The van der Waals surface area contributed by atoms with E-state index in [1.54, 1.807) is 12.3 Å². The molecule has 0 spiro atoms. The average Bonchev–Trinajstić information content (AvgIpc) is 3.48. The second-order valence-electron chi connectivity index (χ2n) is 8.33. The second kappa shape index (κ2) is 13.8. The fraction of sp³-hybridized carbons (Fsp3) is 0.233. The summed E-state index contributed by atoms with van der Waals surface area (Å²) in [6, 6.07) is 29.7. The van der Waals surface area contributed by atoms with Crippen molar-refractivity contribution in [2.45, 2.75) is 44.2 Å². The Balaban J connectivity index is 1.60. The molecule has 3 aromatic carbocycles. The molecule has 0 aliphatic carbocycles. The molecule has 0 unspecified atom stereocenters. The first kappa shape index (κ1) is 25.9. The van der Waals surface area contributed by atoms with Crippen LogP contribution >= 0.6 is 11.3 Å². The Morgan fingerprint density at radius 2 is 1.19 bits per heavy atom. The van der Waals surface area contributed by atoms with E-state index in [0.29, 0.717) is 24.8 Å². The van der Waals surface area contributed by atoms with E-state index in [1.807, 2.05) is 96.4 Å². The molecule has 5 nitrogen and oxygen atoms in total. The van der Waals surface area contributed by atoms with Crippen molar-refractivity contribution in [2.24, 2.45) is 0 Å². The highest BCUT2D eigenvalue weighted by Gasteiger charge is 2.37. The SMILES string of the molecule is C=C[C@@H](OCc1ccccc1)[C@H](OCc1ccccc1)[C@@H](OCc1ccccc1)[C@@H](O)c1nccs1. The Hall–Kier alpha value is -3.13. The lowest BCUT2D eigenvalue weighted by Crippen LogP contribution is -2.45. The van der Waals surface area contributed by atoms with Crippen LogP contribution in [0.5, 0.6) is 0 Å². The number of aliphatic hydroxyl groups is 1. The fourth-order valence-electron chi connectivity index (χ4n) is 3.86. The zero-order chi connectivity index (χ0) is 25.0. The van der Waals surface area contributed by atoms with Gasteiger partial charge in [-0.1, -0.05) is 97.1 Å². The molecule has 0 saturated carbocycles. The first-order valence-corrected chi connectivity index (χ1v) is 12.8. The summed E-state index contributed by atoms with van der Waals surface area (Å²) in [5.74, 6) is 0. The van der Waals surface area contributed by atoms with Crippen LogP contribution in [0.3, 0.4) is 0 Å². The molecule has 0 amide bonds. The van der Waals surface area contributed by atoms with Crippen molar-refractivity contribution in [3.05, 3.63) is 137 Å². The van der Waals surface area contributed by atoms with E-state index in [2.05, 4.69) is 11.6 Å². The van der Waals surface area contributed by atoms with Gasteiger partial charge in [0, 0.05) is 11.6 Å². The molecular formula is C30H31NO4S. The van der Waals surface area contributed by atoms with Crippen LogP contribution in [0.1, 0.15) is 27.8 Å². The summed E-state index contributed by atoms with van der Waals surface area (Å²) in [4.78, 5) is 4.34.